The maximum atomic E-state index is 3.78. The third kappa shape index (κ3) is 8.89. The van der Waals surface area contributed by atoms with Crippen LogP contribution in [0.15, 0.2) is 30.6 Å². The molecule has 0 aromatic carbocycles. The van der Waals surface area contributed by atoms with E-state index in [1.165, 1.54) is 0 Å². The van der Waals surface area contributed by atoms with Crippen molar-refractivity contribution in [2.45, 2.75) is 0 Å². The Kier molecular flexibility index (Phi) is 16.3. The van der Waals surface area contributed by atoms with Crippen molar-refractivity contribution in [2.75, 3.05) is 0 Å². The minimum atomic E-state index is 0. The van der Waals surface area contributed by atoms with Gasteiger partial charge in [-0.1, -0.05) is 6.07 Å². The van der Waals surface area contributed by atoms with E-state index in [9.17, 15) is 0 Å². The van der Waals surface area contributed by atoms with Gasteiger partial charge >= 0.3 is 54.5 Å². The largest absolute Gasteiger partial charge is 0.265 e. The molecule has 0 N–H and O–H groups in total. The first kappa shape index (κ1) is 12.6. The van der Waals surface area contributed by atoms with Gasteiger partial charge in [-0.05, 0) is 12.1 Å². The summed E-state index contributed by atoms with van der Waals surface area (Å²) < 4.78 is 0. The fourth-order valence-corrected chi connectivity index (χ4v) is 0.313. The molecule has 9 heavy (non-hydrogen) atoms. The van der Waals surface area contributed by atoms with Crippen molar-refractivity contribution >= 4 is 40.1 Å². The van der Waals surface area contributed by atoms with E-state index in [-0.39, 0.29) is 29.6 Å². The zero-order valence-electron chi connectivity index (χ0n) is 4.04. The monoisotopic (exact) mass is 198 g/mol. The van der Waals surface area contributed by atoms with Gasteiger partial charge in [0.2, 0.25) is 0 Å². The fourth-order valence-electron chi connectivity index (χ4n) is 0.313. The van der Waals surface area contributed by atoms with Crippen LogP contribution in [-0.2, 0) is 14.4 Å². The Morgan fingerprint density at radius 3 is 1.56 bits per heavy atom. The van der Waals surface area contributed by atoms with Crippen LogP contribution in [0.5, 0.6) is 0 Å². The Labute approximate surface area is 89.2 Å². The Morgan fingerprint density at radius 1 is 1.00 bits per heavy atom. The third-order valence-electron chi connectivity index (χ3n) is 0.566. The van der Waals surface area contributed by atoms with Crippen molar-refractivity contribution in [3.05, 3.63) is 30.6 Å². The molecule has 0 atom stereocenters. The quantitative estimate of drug-likeness (QED) is 0.579. The summed E-state index contributed by atoms with van der Waals surface area (Å²) in [5, 5.41) is 0. The van der Waals surface area contributed by atoms with E-state index in [0.717, 1.165) is 0 Å². The van der Waals surface area contributed by atoms with E-state index in [1.54, 1.807) is 12.4 Å². The molecule has 49 valence electrons. The average Bonchev–Trinajstić information content (AvgIpc) is 1.96. The fraction of sp³-hybridized carbons (Fsp3) is 0. The number of hydrogen-bond donors (Lipinski definition) is 0. The maximum absolute atomic E-state index is 3.78. The van der Waals surface area contributed by atoms with Gasteiger partial charge < -0.3 is 0 Å². The van der Waals surface area contributed by atoms with Crippen molar-refractivity contribution in [1.82, 2.24) is 4.98 Å². The maximum Gasteiger partial charge on any atom is 0.0267 e. The average molecular weight is 199 g/mol. The summed E-state index contributed by atoms with van der Waals surface area (Å²) in [6.07, 6.45) is 3.50. The molecule has 0 unspecified atom stereocenters. The number of rotatable bonds is 0. The van der Waals surface area contributed by atoms with E-state index in [1.807, 2.05) is 18.2 Å². The van der Waals surface area contributed by atoms with Gasteiger partial charge in [-0.3, -0.25) is 4.98 Å². The molecular formula is C5H6CuNNaS. The van der Waals surface area contributed by atoms with Crippen LogP contribution >= 0.6 is 10.6 Å². The van der Waals surface area contributed by atoms with Crippen LogP contribution in [0.2, 0.25) is 0 Å². The van der Waals surface area contributed by atoms with Gasteiger partial charge in [-0.2, -0.15) is 0 Å². The summed E-state index contributed by atoms with van der Waals surface area (Å²) in [7, 11) is 3.65. The second-order valence-corrected chi connectivity index (χ2v) is 1.02. The van der Waals surface area contributed by atoms with Crippen LogP contribution in [0.1, 0.15) is 0 Å². The third-order valence-corrected chi connectivity index (χ3v) is 0.566. The summed E-state index contributed by atoms with van der Waals surface area (Å²) in [4.78, 5) is 3.78. The summed E-state index contributed by atoms with van der Waals surface area (Å²) >= 11 is 3.77. The van der Waals surface area contributed by atoms with Crippen molar-refractivity contribution in [1.29, 1.82) is 0 Å². The number of pyridine rings is 1. The molecule has 0 aliphatic rings. The second kappa shape index (κ2) is 11.7. The first-order valence-corrected chi connectivity index (χ1v) is 3.37. The first-order valence-electron chi connectivity index (χ1n) is 1.97. The predicted molar refractivity (Wildman–Crippen MR) is 39.0 cm³/mol. The minimum Gasteiger partial charge on any atom is -0.265 e. The normalized spacial score (nSPS) is 6.00. The van der Waals surface area contributed by atoms with Gasteiger partial charge in [-0.15, -0.1) is 0 Å². The molecule has 1 heterocycles. The van der Waals surface area contributed by atoms with E-state index in [4.69, 9.17) is 0 Å². The zero-order chi connectivity index (χ0) is 6.24. The SMILES string of the molecule is [NaH].[S]=[Cu].c1ccncc1. The van der Waals surface area contributed by atoms with Crippen LogP contribution in [-0.4, -0.2) is 34.5 Å². The Morgan fingerprint density at radius 2 is 1.44 bits per heavy atom. The molecule has 0 aliphatic carbocycles. The van der Waals surface area contributed by atoms with Gasteiger partial charge in [0.1, 0.15) is 0 Å². The summed E-state index contributed by atoms with van der Waals surface area (Å²) in [6, 6.07) is 5.72. The van der Waals surface area contributed by atoms with E-state index in [2.05, 4.69) is 29.9 Å². The van der Waals surface area contributed by atoms with Gasteiger partial charge in [0.05, 0.1) is 0 Å². The Hall–Kier alpha value is 0.889. The standard InChI is InChI=1S/C5H5N.Cu.Na.S.H/c1-2-4-6-5-3-1;;;;/h1-5H;;;;. The zero-order valence-corrected chi connectivity index (χ0v) is 5.80. The topological polar surface area (TPSA) is 12.9 Å². The van der Waals surface area contributed by atoms with Crippen LogP contribution in [0.25, 0.3) is 0 Å². The Bertz CT molecular complexity index is 99.8. The van der Waals surface area contributed by atoms with Crippen molar-refractivity contribution in [2.24, 2.45) is 0 Å². The van der Waals surface area contributed by atoms with Crippen molar-refractivity contribution < 1.29 is 14.4 Å². The van der Waals surface area contributed by atoms with Crippen LogP contribution < -0.4 is 0 Å². The Balaban J connectivity index is 0. The van der Waals surface area contributed by atoms with Gasteiger partial charge in [0, 0.05) is 12.4 Å². The predicted octanol–water partition coefficient (Wildman–Crippen LogP) is 1.08. The summed E-state index contributed by atoms with van der Waals surface area (Å²) in [5.74, 6) is 0. The van der Waals surface area contributed by atoms with E-state index in [0.29, 0.717) is 0 Å². The minimum absolute atomic E-state index is 0. The molecule has 1 aromatic rings. The molecule has 0 fully saturated rings. The summed E-state index contributed by atoms with van der Waals surface area (Å²) in [5.41, 5.74) is 0. The molecule has 0 saturated heterocycles. The van der Waals surface area contributed by atoms with E-state index >= 15 is 0 Å². The molecule has 0 amide bonds. The van der Waals surface area contributed by atoms with E-state index < -0.39 is 0 Å². The summed E-state index contributed by atoms with van der Waals surface area (Å²) in [6.45, 7) is 0. The van der Waals surface area contributed by atoms with Crippen molar-refractivity contribution in [3.8, 4) is 0 Å². The molecule has 1 rings (SSSR count). The van der Waals surface area contributed by atoms with Crippen LogP contribution in [0.4, 0.5) is 0 Å². The number of aromatic nitrogens is 1. The molecule has 0 radical (unpaired) electrons. The molecular weight excluding hydrogens is 193 g/mol. The number of nitrogens with zero attached hydrogens (tertiary/aromatic N) is 1. The first-order chi connectivity index (χ1) is 4.00. The molecule has 0 saturated carbocycles. The molecule has 4 heteroatoms. The molecule has 0 bridgehead atoms. The molecule has 1 nitrogen and oxygen atoms in total. The smallest absolute Gasteiger partial charge is 0.0267 e. The van der Waals surface area contributed by atoms with Crippen LogP contribution in [0, 0.1) is 0 Å². The van der Waals surface area contributed by atoms with Gasteiger partial charge in [0.15, 0.2) is 0 Å². The molecule has 0 aliphatic heterocycles. The van der Waals surface area contributed by atoms with Crippen LogP contribution in [0.3, 0.4) is 0 Å². The second-order valence-electron chi connectivity index (χ2n) is 1.02. The molecule has 1 aromatic heterocycles. The number of hydrogen-bond acceptors (Lipinski definition) is 2. The van der Waals surface area contributed by atoms with Gasteiger partial charge in [-0.25, -0.2) is 0 Å². The molecule has 0 spiro atoms. The van der Waals surface area contributed by atoms with Gasteiger partial charge in [0.25, 0.3) is 0 Å². The van der Waals surface area contributed by atoms with Crippen molar-refractivity contribution in [3.63, 3.8) is 0 Å².